The van der Waals surface area contributed by atoms with Crippen molar-refractivity contribution < 1.29 is 9.18 Å². The van der Waals surface area contributed by atoms with Crippen molar-refractivity contribution in [1.82, 2.24) is 9.88 Å². The number of amides is 2. The molecule has 23 heavy (non-hydrogen) atoms. The molecule has 2 aliphatic rings. The number of piperidine rings is 1. The zero-order chi connectivity index (χ0) is 16.0. The lowest BCUT2D eigenvalue weighted by molar-refractivity contribution is 0.217. The number of nitrogen functional groups attached to an aromatic ring is 1. The molecule has 3 N–H and O–H groups in total. The van der Waals surface area contributed by atoms with E-state index in [1.165, 1.54) is 18.6 Å². The fraction of sp³-hybridized carbons (Fsp3) is 0.294. The second-order valence-electron chi connectivity index (χ2n) is 6.23. The van der Waals surface area contributed by atoms with Gasteiger partial charge in [0.05, 0.1) is 11.4 Å². The van der Waals surface area contributed by atoms with Crippen LogP contribution in [0.15, 0.2) is 36.4 Å². The van der Waals surface area contributed by atoms with E-state index < -0.39 is 0 Å². The maximum Gasteiger partial charge on any atom is 0.323 e. The summed E-state index contributed by atoms with van der Waals surface area (Å²) in [5, 5.41) is 2.79. The molecular formula is C17H17FN4O. The molecule has 118 valence electrons. The van der Waals surface area contributed by atoms with Crippen molar-refractivity contribution in [3.8, 4) is 11.3 Å². The van der Waals surface area contributed by atoms with Crippen molar-refractivity contribution in [2.45, 2.75) is 6.42 Å². The number of nitrogens with one attached hydrogen (secondary N) is 1. The first-order chi connectivity index (χ1) is 11.1. The van der Waals surface area contributed by atoms with Gasteiger partial charge in [-0.2, -0.15) is 0 Å². The van der Waals surface area contributed by atoms with E-state index >= 15 is 0 Å². The number of anilines is 2. The second-order valence-corrected chi connectivity index (χ2v) is 6.23. The van der Waals surface area contributed by atoms with E-state index in [4.69, 9.17) is 5.73 Å². The summed E-state index contributed by atoms with van der Waals surface area (Å²) in [4.78, 5) is 18.5. The van der Waals surface area contributed by atoms with Crippen molar-refractivity contribution >= 4 is 17.5 Å². The monoisotopic (exact) mass is 312 g/mol. The van der Waals surface area contributed by atoms with Crippen molar-refractivity contribution in [3.05, 3.63) is 42.2 Å². The number of carbonyl (C=O) groups excluding carboxylic acids is 1. The number of benzene rings is 1. The number of nitrogens with two attached hydrogens (primary N) is 1. The number of urea groups is 1. The molecule has 6 heteroatoms. The number of pyridine rings is 1. The summed E-state index contributed by atoms with van der Waals surface area (Å²) < 4.78 is 13.0. The Morgan fingerprint density at radius 3 is 2.57 bits per heavy atom. The van der Waals surface area contributed by atoms with Gasteiger partial charge in [-0.15, -0.1) is 0 Å². The summed E-state index contributed by atoms with van der Waals surface area (Å²) >= 11 is 0. The van der Waals surface area contributed by atoms with E-state index in [-0.39, 0.29) is 11.8 Å². The highest BCUT2D eigenvalue weighted by molar-refractivity contribution is 5.92. The Hall–Kier alpha value is -2.63. The predicted octanol–water partition coefficient (Wildman–Crippen LogP) is 2.95. The van der Waals surface area contributed by atoms with Gasteiger partial charge >= 0.3 is 6.03 Å². The zero-order valence-electron chi connectivity index (χ0n) is 12.5. The van der Waals surface area contributed by atoms with Gasteiger partial charge in [-0.1, -0.05) is 0 Å². The van der Waals surface area contributed by atoms with Gasteiger partial charge < -0.3 is 10.6 Å². The van der Waals surface area contributed by atoms with E-state index in [0.29, 0.717) is 29.0 Å². The molecule has 1 aliphatic carbocycles. The molecule has 2 fully saturated rings. The van der Waals surface area contributed by atoms with Gasteiger partial charge in [0.15, 0.2) is 5.82 Å². The third-order valence-electron chi connectivity index (χ3n) is 4.56. The summed E-state index contributed by atoms with van der Waals surface area (Å²) in [6.45, 7) is 1.63. The maximum absolute atomic E-state index is 13.0. The van der Waals surface area contributed by atoms with Crippen LogP contribution in [-0.2, 0) is 0 Å². The quantitative estimate of drug-likeness (QED) is 0.895. The van der Waals surface area contributed by atoms with Crippen LogP contribution in [0.3, 0.4) is 0 Å². The molecule has 2 amide bonds. The van der Waals surface area contributed by atoms with E-state index in [2.05, 4.69) is 10.3 Å². The van der Waals surface area contributed by atoms with Crippen LogP contribution in [0.5, 0.6) is 0 Å². The Bertz CT molecular complexity index is 752. The molecule has 2 unspecified atom stereocenters. The molecule has 0 bridgehead atoms. The Morgan fingerprint density at radius 1 is 1.17 bits per heavy atom. The zero-order valence-corrected chi connectivity index (χ0v) is 12.5. The lowest BCUT2D eigenvalue weighted by Gasteiger charge is -2.19. The predicted molar refractivity (Wildman–Crippen MR) is 86.2 cm³/mol. The van der Waals surface area contributed by atoms with Crippen LogP contribution in [0.1, 0.15) is 6.42 Å². The Labute approximate surface area is 133 Å². The third-order valence-corrected chi connectivity index (χ3v) is 4.56. The minimum Gasteiger partial charge on any atom is -0.396 e. The number of halogens is 1. The molecule has 1 saturated heterocycles. The van der Waals surface area contributed by atoms with Crippen LogP contribution in [0.25, 0.3) is 11.3 Å². The van der Waals surface area contributed by atoms with Gasteiger partial charge in [-0.25, -0.2) is 14.2 Å². The molecule has 5 nitrogen and oxygen atoms in total. The normalized spacial score (nSPS) is 21.9. The van der Waals surface area contributed by atoms with E-state index in [0.717, 1.165) is 18.7 Å². The number of aromatic nitrogens is 1. The minimum absolute atomic E-state index is 0.160. The largest absolute Gasteiger partial charge is 0.396 e. The maximum atomic E-state index is 13.0. The number of hydrogen-bond donors (Lipinski definition) is 2. The lowest BCUT2D eigenvalue weighted by atomic mass is 10.1. The number of likely N-dealkylation sites (tertiary alicyclic amines) is 1. The van der Waals surface area contributed by atoms with Gasteiger partial charge in [0.1, 0.15) is 5.82 Å². The smallest absolute Gasteiger partial charge is 0.323 e. The van der Waals surface area contributed by atoms with Gasteiger partial charge in [0.25, 0.3) is 0 Å². The Morgan fingerprint density at radius 2 is 1.87 bits per heavy atom. The highest BCUT2D eigenvalue weighted by atomic mass is 19.1. The first-order valence-electron chi connectivity index (χ1n) is 7.68. The molecule has 1 aromatic carbocycles. The molecule has 1 aliphatic heterocycles. The molecule has 2 heterocycles. The number of rotatable bonds is 2. The topological polar surface area (TPSA) is 71.2 Å². The van der Waals surface area contributed by atoms with Gasteiger partial charge in [-0.05, 0) is 54.7 Å². The summed E-state index contributed by atoms with van der Waals surface area (Å²) in [6, 6.07) is 9.34. The number of nitrogens with zero attached hydrogens (tertiary/aromatic N) is 2. The highest BCUT2D eigenvalue weighted by Gasteiger charge is 2.46. The van der Waals surface area contributed by atoms with Crippen molar-refractivity contribution in [2.75, 3.05) is 24.1 Å². The lowest BCUT2D eigenvalue weighted by Crippen LogP contribution is -2.34. The van der Waals surface area contributed by atoms with Gasteiger partial charge in [0, 0.05) is 18.7 Å². The number of hydrogen-bond acceptors (Lipinski definition) is 3. The second kappa shape index (κ2) is 5.22. The Balaban J connectivity index is 1.54. The molecule has 4 rings (SSSR count). The fourth-order valence-electron chi connectivity index (χ4n) is 3.10. The summed E-state index contributed by atoms with van der Waals surface area (Å²) in [5.41, 5.74) is 7.74. The molecule has 1 aromatic heterocycles. The van der Waals surface area contributed by atoms with E-state index in [9.17, 15) is 9.18 Å². The molecule has 1 saturated carbocycles. The number of fused-ring (bicyclic) bond motifs is 1. The molecule has 0 radical (unpaired) electrons. The van der Waals surface area contributed by atoms with Crippen LogP contribution in [0.4, 0.5) is 20.7 Å². The third kappa shape index (κ3) is 2.72. The number of carbonyl (C=O) groups is 1. The average molecular weight is 312 g/mol. The molecule has 2 atom stereocenters. The Kier molecular flexibility index (Phi) is 3.18. The molecule has 2 aromatic rings. The average Bonchev–Trinajstić information content (AvgIpc) is 3.16. The summed E-state index contributed by atoms with van der Waals surface area (Å²) in [7, 11) is 0. The molecule has 0 spiro atoms. The minimum atomic E-state index is -0.301. The standard InChI is InChI=1S/C17H17FN4O/c18-13-3-1-10(2-4-13)15-6-5-14(19)16(20-15)21-17(23)22-8-11-7-12(11)9-22/h1-6,11-12H,7-9,19H2,(H,20,21,23). The van der Waals surface area contributed by atoms with Gasteiger partial charge in [-0.3, -0.25) is 5.32 Å². The van der Waals surface area contributed by atoms with Crippen LogP contribution < -0.4 is 11.1 Å². The fourth-order valence-corrected chi connectivity index (χ4v) is 3.10. The van der Waals surface area contributed by atoms with Crippen molar-refractivity contribution in [1.29, 1.82) is 0 Å². The first-order valence-corrected chi connectivity index (χ1v) is 7.68. The SMILES string of the molecule is Nc1ccc(-c2ccc(F)cc2)nc1NC(=O)N1CC2CC2C1. The van der Waals surface area contributed by atoms with Crippen LogP contribution in [-0.4, -0.2) is 29.0 Å². The van der Waals surface area contributed by atoms with Crippen LogP contribution in [0, 0.1) is 17.7 Å². The van der Waals surface area contributed by atoms with Gasteiger partial charge in [0.2, 0.25) is 0 Å². The van der Waals surface area contributed by atoms with E-state index in [1.807, 2.05) is 4.90 Å². The van der Waals surface area contributed by atoms with Crippen molar-refractivity contribution in [2.24, 2.45) is 11.8 Å². The van der Waals surface area contributed by atoms with Crippen LogP contribution in [0.2, 0.25) is 0 Å². The summed E-state index contributed by atoms with van der Waals surface area (Å²) in [5.74, 6) is 1.40. The van der Waals surface area contributed by atoms with Crippen molar-refractivity contribution in [3.63, 3.8) is 0 Å². The molecular weight excluding hydrogens is 295 g/mol. The first kappa shape index (κ1) is 14.0. The van der Waals surface area contributed by atoms with Crippen LogP contribution >= 0.6 is 0 Å². The highest BCUT2D eigenvalue weighted by Crippen LogP contribution is 2.44. The summed E-state index contributed by atoms with van der Waals surface area (Å²) in [6.07, 6.45) is 1.24. The van der Waals surface area contributed by atoms with E-state index in [1.54, 1.807) is 24.3 Å².